The van der Waals surface area contributed by atoms with Gasteiger partial charge in [-0.25, -0.2) is 4.39 Å². The number of nitrogens with zero attached hydrogens (tertiary/aromatic N) is 1. The number of rotatable bonds is 4. The predicted molar refractivity (Wildman–Crippen MR) is 100 cm³/mol. The van der Waals surface area contributed by atoms with Crippen molar-refractivity contribution in [2.45, 2.75) is 5.92 Å². The van der Waals surface area contributed by atoms with Crippen LogP contribution in [-0.4, -0.2) is 5.78 Å². The molecule has 3 rings (SSSR count). The first kappa shape index (κ1) is 18.1. The minimum absolute atomic E-state index is 0.213. The maximum absolute atomic E-state index is 13.0. The van der Waals surface area contributed by atoms with Gasteiger partial charge in [-0.1, -0.05) is 53.5 Å². The lowest BCUT2D eigenvalue weighted by atomic mass is 9.91. The predicted octanol–water partition coefficient (Wildman–Crippen LogP) is 6.02. The molecule has 0 aromatic heterocycles. The molecule has 0 bridgehead atoms. The van der Waals surface area contributed by atoms with Crippen LogP contribution < -0.4 is 0 Å². The minimum atomic E-state index is -0.574. The highest BCUT2D eigenvalue weighted by Gasteiger charge is 2.18. The van der Waals surface area contributed by atoms with E-state index in [9.17, 15) is 14.4 Å². The zero-order chi connectivity index (χ0) is 18.7. The molecule has 128 valence electrons. The maximum Gasteiger partial charge on any atom is 0.193 e. The molecule has 0 fully saturated rings. The molecule has 0 saturated heterocycles. The molecule has 0 saturated carbocycles. The van der Waals surface area contributed by atoms with Crippen LogP contribution in [0.15, 0.2) is 66.7 Å². The molecule has 0 aliphatic rings. The molecule has 0 radical (unpaired) electrons. The van der Waals surface area contributed by atoms with Crippen LogP contribution in [0.4, 0.5) is 4.39 Å². The van der Waals surface area contributed by atoms with Crippen molar-refractivity contribution >= 4 is 29.0 Å². The van der Waals surface area contributed by atoms with E-state index in [1.165, 1.54) is 24.3 Å². The number of carbonyl (C=O) groups excluding carboxylic acids is 1. The van der Waals surface area contributed by atoms with Gasteiger partial charge in [0.25, 0.3) is 0 Å². The molecule has 0 amide bonds. The second-order valence-corrected chi connectivity index (χ2v) is 6.53. The molecule has 0 aliphatic carbocycles. The Labute approximate surface area is 160 Å². The van der Waals surface area contributed by atoms with Crippen LogP contribution in [0, 0.1) is 17.1 Å². The van der Waals surface area contributed by atoms with Gasteiger partial charge in [0.15, 0.2) is 5.78 Å². The van der Waals surface area contributed by atoms with Crippen molar-refractivity contribution in [3.05, 3.63) is 105 Å². The van der Waals surface area contributed by atoms with Gasteiger partial charge < -0.3 is 0 Å². The second kappa shape index (κ2) is 7.70. The minimum Gasteiger partial charge on any atom is -0.289 e. The first-order valence-corrected chi connectivity index (χ1v) is 8.50. The molecule has 0 spiro atoms. The SMILES string of the molecule is N#CC(c1ccc(C(=O)c2ccc(F)cc2)cc1)c1ccc(Cl)cc1Cl. The lowest BCUT2D eigenvalue weighted by Gasteiger charge is -2.12. The highest BCUT2D eigenvalue weighted by Crippen LogP contribution is 2.32. The molecular formula is C21H12Cl2FNO. The van der Waals surface area contributed by atoms with Crippen LogP contribution in [0.3, 0.4) is 0 Å². The van der Waals surface area contributed by atoms with Gasteiger partial charge in [-0.05, 0) is 47.5 Å². The van der Waals surface area contributed by atoms with Gasteiger partial charge in [-0.2, -0.15) is 5.26 Å². The third-order valence-electron chi connectivity index (χ3n) is 4.02. The number of nitriles is 1. The van der Waals surface area contributed by atoms with E-state index in [2.05, 4.69) is 6.07 Å². The van der Waals surface area contributed by atoms with Gasteiger partial charge in [-0.3, -0.25) is 4.79 Å². The maximum atomic E-state index is 13.0. The van der Waals surface area contributed by atoms with E-state index < -0.39 is 11.7 Å². The van der Waals surface area contributed by atoms with Gasteiger partial charge in [0.2, 0.25) is 0 Å². The number of hydrogen-bond acceptors (Lipinski definition) is 2. The summed E-state index contributed by atoms with van der Waals surface area (Å²) >= 11 is 12.1. The standard InChI is InChI=1S/C21H12Cl2FNO/c22-16-7-10-18(20(23)11-16)19(12-25)13-1-3-14(4-2-13)21(26)15-5-8-17(24)9-6-15/h1-11,19H. The highest BCUT2D eigenvalue weighted by atomic mass is 35.5. The summed E-state index contributed by atoms with van der Waals surface area (Å²) in [6.45, 7) is 0. The Morgan fingerprint density at radius 2 is 1.50 bits per heavy atom. The van der Waals surface area contributed by atoms with E-state index in [0.29, 0.717) is 32.3 Å². The Morgan fingerprint density at radius 3 is 2.04 bits per heavy atom. The van der Waals surface area contributed by atoms with Crippen LogP contribution in [0.25, 0.3) is 0 Å². The Kier molecular flexibility index (Phi) is 5.37. The summed E-state index contributed by atoms with van der Waals surface area (Å²) in [5.41, 5.74) is 2.22. The summed E-state index contributed by atoms with van der Waals surface area (Å²) in [7, 11) is 0. The summed E-state index contributed by atoms with van der Waals surface area (Å²) < 4.78 is 13.0. The Morgan fingerprint density at radius 1 is 0.923 bits per heavy atom. The number of carbonyl (C=O) groups is 1. The van der Waals surface area contributed by atoms with Crippen molar-refractivity contribution in [1.82, 2.24) is 0 Å². The summed E-state index contributed by atoms with van der Waals surface area (Å²) in [5.74, 6) is -1.18. The third kappa shape index (κ3) is 3.77. The van der Waals surface area contributed by atoms with Crippen LogP contribution in [0.2, 0.25) is 10.0 Å². The molecule has 3 aromatic rings. The summed E-state index contributed by atoms with van der Waals surface area (Å²) in [5, 5.41) is 10.5. The van der Waals surface area contributed by atoms with Crippen LogP contribution in [0.1, 0.15) is 33.0 Å². The average Bonchev–Trinajstić information content (AvgIpc) is 2.64. The quantitative estimate of drug-likeness (QED) is 0.516. The van der Waals surface area contributed by atoms with Crippen molar-refractivity contribution in [3.8, 4) is 6.07 Å². The number of ketones is 1. The Bertz CT molecular complexity index is 992. The average molecular weight is 384 g/mol. The lowest BCUT2D eigenvalue weighted by Crippen LogP contribution is -2.03. The van der Waals surface area contributed by atoms with E-state index in [1.54, 1.807) is 42.5 Å². The van der Waals surface area contributed by atoms with Gasteiger partial charge in [0.1, 0.15) is 5.82 Å². The zero-order valence-electron chi connectivity index (χ0n) is 13.4. The fraction of sp³-hybridized carbons (Fsp3) is 0.0476. The van der Waals surface area contributed by atoms with Gasteiger partial charge in [0.05, 0.1) is 12.0 Å². The number of halogens is 3. The largest absolute Gasteiger partial charge is 0.289 e. The molecule has 26 heavy (non-hydrogen) atoms. The number of hydrogen-bond donors (Lipinski definition) is 0. The fourth-order valence-corrected chi connectivity index (χ4v) is 3.17. The second-order valence-electron chi connectivity index (χ2n) is 5.69. The van der Waals surface area contributed by atoms with Gasteiger partial charge in [-0.15, -0.1) is 0 Å². The smallest absolute Gasteiger partial charge is 0.193 e. The Balaban J connectivity index is 1.89. The van der Waals surface area contributed by atoms with E-state index in [4.69, 9.17) is 23.2 Å². The van der Waals surface area contributed by atoms with Crippen molar-refractivity contribution < 1.29 is 9.18 Å². The summed E-state index contributed by atoms with van der Waals surface area (Å²) in [6, 6.07) is 19.3. The summed E-state index contributed by atoms with van der Waals surface area (Å²) in [6.07, 6.45) is 0. The van der Waals surface area contributed by atoms with E-state index in [1.807, 2.05) is 0 Å². The Hall–Kier alpha value is -2.67. The molecule has 0 heterocycles. The molecule has 0 aliphatic heterocycles. The molecule has 2 nitrogen and oxygen atoms in total. The molecule has 1 unspecified atom stereocenters. The van der Waals surface area contributed by atoms with Crippen LogP contribution in [-0.2, 0) is 0 Å². The number of benzene rings is 3. The third-order valence-corrected chi connectivity index (χ3v) is 4.58. The topological polar surface area (TPSA) is 40.9 Å². The monoisotopic (exact) mass is 383 g/mol. The molecule has 5 heteroatoms. The molecule has 3 aromatic carbocycles. The molecule has 0 N–H and O–H groups in total. The van der Waals surface area contributed by atoms with Crippen molar-refractivity contribution in [2.24, 2.45) is 0 Å². The normalized spacial score (nSPS) is 11.6. The first-order chi connectivity index (χ1) is 12.5. The zero-order valence-corrected chi connectivity index (χ0v) is 14.9. The van der Waals surface area contributed by atoms with Crippen molar-refractivity contribution in [1.29, 1.82) is 5.26 Å². The van der Waals surface area contributed by atoms with E-state index in [-0.39, 0.29) is 5.78 Å². The fourth-order valence-electron chi connectivity index (χ4n) is 2.65. The van der Waals surface area contributed by atoms with E-state index in [0.717, 1.165) is 0 Å². The lowest BCUT2D eigenvalue weighted by molar-refractivity contribution is 0.103. The van der Waals surface area contributed by atoms with Crippen LogP contribution in [0.5, 0.6) is 0 Å². The van der Waals surface area contributed by atoms with Crippen molar-refractivity contribution in [2.75, 3.05) is 0 Å². The first-order valence-electron chi connectivity index (χ1n) is 7.74. The van der Waals surface area contributed by atoms with E-state index >= 15 is 0 Å². The van der Waals surface area contributed by atoms with Gasteiger partial charge in [0, 0.05) is 21.2 Å². The molecule has 1 atom stereocenters. The van der Waals surface area contributed by atoms with Crippen molar-refractivity contribution in [3.63, 3.8) is 0 Å². The molecular weight excluding hydrogens is 372 g/mol. The summed E-state index contributed by atoms with van der Waals surface area (Å²) in [4.78, 5) is 12.4. The van der Waals surface area contributed by atoms with Crippen LogP contribution >= 0.6 is 23.2 Å². The highest BCUT2D eigenvalue weighted by molar-refractivity contribution is 6.35. The van der Waals surface area contributed by atoms with Gasteiger partial charge >= 0.3 is 0 Å².